The summed E-state index contributed by atoms with van der Waals surface area (Å²) in [6.07, 6.45) is 0. The number of nitrogens with two attached hydrogens (primary N) is 1. The van der Waals surface area contributed by atoms with Crippen molar-refractivity contribution in [2.24, 2.45) is 0 Å². The van der Waals surface area contributed by atoms with Crippen molar-refractivity contribution < 1.29 is 8.50 Å². The SMILES string of the molecule is [2H]C([2H])([2H])c1cc(N)c(F)c(Cl)n1. The van der Waals surface area contributed by atoms with Crippen molar-refractivity contribution in [1.82, 2.24) is 4.98 Å². The van der Waals surface area contributed by atoms with E-state index in [1.54, 1.807) is 0 Å². The Morgan fingerprint density at radius 1 is 1.90 bits per heavy atom. The molecule has 0 aliphatic carbocycles. The number of hydrogen-bond donors (Lipinski definition) is 1. The first-order valence-corrected chi connectivity index (χ1v) is 2.82. The first kappa shape index (κ1) is 4.13. The molecule has 0 amide bonds. The molecule has 0 saturated carbocycles. The fourth-order valence-electron chi connectivity index (χ4n) is 0.517. The molecule has 0 saturated heterocycles. The molecule has 0 aromatic carbocycles. The van der Waals surface area contributed by atoms with E-state index < -0.39 is 17.8 Å². The summed E-state index contributed by atoms with van der Waals surface area (Å²) in [5.74, 6) is -0.894. The average Bonchev–Trinajstić information content (AvgIpc) is 1.97. The molecule has 0 atom stereocenters. The van der Waals surface area contributed by atoms with E-state index in [1.165, 1.54) is 0 Å². The summed E-state index contributed by atoms with van der Waals surface area (Å²) in [6, 6.07) is 0.953. The van der Waals surface area contributed by atoms with Gasteiger partial charge in [-0.25, -0.2) is 9.37 Å². The maximum absolute atomic E-state index is 12.8. The van der Waals surface area contributed by atoms with Gasteiger partial charge >= 0.3 is 0 Å². The topological polar surface area (TPSA) is 38.9 Å². The second-order valence-electron chi connectivity index (χ2n) is 1.70. The minimum atomic E-state index is -2.43. The van der Waals surface area contributed by atoms with E-state index in [0.29, 0.717) is 0 Å². The Morgan fingerprint density at radius 3 is 3.10 bits per heavy atom. The molecule has 0 bridgehead atoms. The van der Waals surface area contributed by atoms with E-state index in [4.69, 9.17) is 21.4 Å². The third kappa shape index (κ3) is 1.19. The highest BCUT2D eigenvalue weighted by molar-refractivity contribution is 6.29. The van der Waals surface area contributed by atoms with Crippen LogP contribution in [0.3, 0.4) is 0 Å². The second-order valence-corrected chi connectivity index (χ2v) is 2.06. The molecule has 1 aromatic rings. The lowest BCUT2D eigenvalue weighted by atomic mass is 10.3. The number of anilines is 1. The Balaban J connectivity index is 3.29. The zero-order valence-electron chi connectivity index (χ0n) is 7.86. The predicted octanol–water partition coefficient (Wildman–Crippen LogP) is 1.76. The number of aromatic nitrogens is 1. The second kappa shape index (κ2) is 2.42. The van der Waals surface area contributed by atoms with E-state index in [-0.39, 0.29) is 11.4 Å². The zero-order chi connectivity index (χ0) is 10.2. The summed E-state index contributed by atoms with van der Waals surface area (Å²) in [5, 5.41) is -0.522. The van der Waals surface area contributed by atoms with Crippen LogP contribution in [0.2, 0.25) is 5.15 Å². The van der Waals surface area contributed by atoms with Gasteiger partial charge in [-0.15, -0.1) is 0 Å². The van der Waals surface area contributed by atoms with Crippen molar-refractivity contribution in [3.63, 3.8) is 0 Å². The Kier molecular flexibility index (Phi) is 1.00. The summed E-state index contributed by atoms with van der Waals surface area (Å²) in [4.78, 5) is 3.35. The highest BCUT2D eigenvalue weighted by atomic mass is 35.5. The monoisotopic (exact) mass is 163 g/mol. The number of halogens is 2. The number of nitrogen functional groups attached to an aromatic ring is 1. The van der Waals surface area contributed by atoms with E-state index in [2.05, 4.69) is 4.98 Å². The van der Waals surface area contributed by atoms with Crippen LogP contribution in [-0.4, -0.2) is 4.98 Å². The normalized spacial score (nSPS) is 15.6. The van der Waals surface area contributed by atoms with Crippen LogP contribution in [0.1, 0.15) is 9.81 Å². The van der Waals surface area contributed by atoms with Gasteiger partial charge in [-0.1, -0.05) is 11.6 Å². The molecule has 0 aliphatic heterocycles. The third-order valence-corrected chi connectivity index (χ3v) is 1.20. The number of rotatable bonds is 0. The van der Waals surface area contributed by atoms with Crippen molar-refractivity contribution in [2.75, 3.05) is 5.73 Å². The van der Waals surface area contributed by atoms with Gasteiger partial charge in [0.2, 0.25) is 0 Å². The number of hydrogen-bond acceptors (Lipinski definition) is 2. The molecule has 0 spiro atoms. The predicted molar refractivity (Wildman–Crippen MR) is 38.4 cm³/mol. The molecule has 0 aliphatic rings. The van der Waals surface area contributed by atoms with Crippen LogP contribution in [0.25, 0.3) is 0 Å². The Bertz CT molecular complexity index is 316. The van der Waals surface area contributed by atoms with Crippen LogP contribution >= 0.6 is 11.6 Å². The summed E-state index contributed by atoms with van der Waals surface area (Å²) in [7, 11) is 0. The molecule has 1 rings (SSSR count). The summed E-state index contributed by atoms with van der Waals surface area (Å²) < 4.78 is 33.7. The van der Waals surface area contributed by atoms with Crippen molar-refractivity contribution >= 4 is 17.3 Å². The van der Waals surface area contributed by atoms with Gasteiger partial charge in [-0.3, -0.25) is 0 Å². The molecule has 2 N–H and O–H groups in total. The fourth-order valence-corrected chi connectivity index (χ4v) is 0.717. The first-order chi connectivity index (χ1) is 5.82. The van der Waals surface area contributed by atoms with E-state index in [9.17, 15) is 4.39 Å². The van der Waals surface area contributed by atoms with Crippen LogP contribution in [0.5, 0.6) is 0 Å². The summed E-state index contributed by atoms with van der Waals surface area (Å²) >= 11 is 5.31. The average molecular weight is 164 g/mol. The lowest BCUT2D eigenvalue weighted by molar-refractivity contribution is 0.625. The number of nitrogens with zero attached hydrogens (tertiary/aromatic N) is 1. The number of aryl methyl sites for hydroxylation is 1. The van der Waals surface area contributed by atoms with Gasteiger partial charge in [0.05, 0.1) is 5.69 Å². The molecule has 1 aromatic heterocycles. The zero-order valence-corrected chi connectivity index (χ0v) is 5.61. The molecule has 0 unspecified atom stereocenters. The van der Waals surface area contributed by atoms with Crippen molar-refractivity contribution in [2.45, 2.75) is 6.85 Å². The minimum absolute atomic E-state index is 0.309. The van der Waals surface area contributed by atoms with E-state index >= 15 is 0 Å². The van der Waals surface area contributed by atoms with Gasteiger partial charge in [-0.05, 0) is 12.9 Å². The van der Waals surface area contributed by atoms with Gasteiger partial charge in [0.15, 0.2) is 11.0 Å². The third-order valence-electron chi connectivity index (χ3n) is 0.945. The maximum atomic E-state index is 12.8. The first-order valence-electron chi connectivity index (χ1n) is 3.94. The van der Waals surface area contributed by atoms with Crippen LogP contribution in [0.4, 0.5) is 10.1 Å². The van der Waals surface area contributed by atoms with Crippen molar-refractivity contribution in [3.05, 3.63) is 22.7 Å². The van der Waals surface area contributed by atoms with Crippen LogP contribution in [-0.2, 0) is 0 Å². The maximum Gasteiger partial charge on any atom is 0.183 e. The molecule has 4 heteroatoms. The van der Waals surface area contributed by atoms with Crippen LogP contribution in [0, 0.1) is 12.7 Å². The van der Waals surface area contributed by atoms with Crippen molar-refractivity contribution in [3.8, 4) is 0 Å². The molecular weight excluding hydrogens is 155 g/mol. The van der Waals surface area contributed by atoms with E-state index in [1.807, 2.05) is 0 Å². The molecule has 0 radical (unpaired) electrons. The molecule has 1 heterocycles. The van der Waals surface area contributed by atoms with Gasteiger partial charge in [0, 0.05) is 9.81 Å². The van der Waals surface area contributed by atoms with Gasteiger partial charge in [-0.2, -0.15) is 0 Å². The standard InChI is InChI=1S/C6H6ClFN2/c1-3-2-4(9)5(8)6(7)10-3/h2H,1H3,(H2,9,10)/i1D3. The number of pyridine rings is 1. The Labute approximate surface area is 67.0 Å². The molecular formula is C6H6ClFN2. The largest absolute Gasteiger partial charge is 0.396 e. The van der Waals surface area contributed by atoms with Gasteiger partial charge in [0.25, 0.3) is 0 Å². The minimum Gasteiger partial charge on any atom is -0.396 e. The fraction of sp³-hybridized carbons (Fsp3) is 0.167. The summed E-state index contributed by atoms with van der Waals surface area (Å²) in [5.41, 5.74) is 4.55. The Hall–Kier alpha value is -0.830. The van der Waals surface area contributed by atoms with Gasteiger partial charge < -0.3 is 5.73 Å². The van der Waals surface area contributed by atoms with E-state index in [0.717, 1.165) is 6.07 Å². The molecule has 10 heavy (non-hydrogen) atoms. The molecule has 54 valence electrons. The highest BCUT2D eigenvalue weighted by Crippen LogP contribution is 2.18. The Morgan fingerprint density at radius 2 is 2.60 bits per heavy atom. The van der Waals surface area contributed by atoms with Gasteiger partial charge in [0.1, 0.15) is 0 Å². The summed E-state index contributed by atoms with van der Waals surface area (Å²) in [6.45, 7) is -2.43. The van der Waals surface area contributed by atoms with Crippen LogP contribution in [0.15, 0.2) is 6.07 Å². The highest BCUT2D eigenvalue weighted by Gasteiger charge is 2.04. The van der Waals surface area contributed by atoms with Crippen molar-refractivity contribution in [1.29, 1.82) is 0 Å². The smallest absolute Gasteiger partial charge is 0.183 e. The van der Waals surface area contributed by atoms with Crippen LogP contribution < -0.4 is 5.73 Å². The lowest BCUT2D eigenvalue weighted by Crippen LogP contribution is -1.95. The lowest BCUT2D eigenvalue weighted by Gasteiger charge is -1.98. The molecule has 0 fully saturated rings. The molecule has 2 nitrogen and oxygen atoms in total. The quantitative estimate of drug-likeness (QED) is 0.592.